The van der Waals surface area contributed by atoms with Gasteiger partial charge in [0.05, 0.1) is 36.1 Å². The molecule has 34 N–H and O–H groups in total. The van der Waals surface area contributed by atoms with Gasteiger partial charge in [-0.2, -0.15) is 11.8 Å². The fourth-order valence-corrected chi connectivity index (χ4v) is 16.4. The maximum Gasteiger partial charge on any atom is 0.243 e. The molecule has 142 heavy (non-hydrogen) atoms. The number of carbonyl (C=O) groups is 20. The maximum atomic E-state index is 14.8. The Labute approximate surface area is 829 Å². The normalized spacial score (nSPS) is 18.9. The minimum Gasteiger partial charge on any atom is -0.370 e. The number of fused-ring (bicyclic) bond motifs is 16. The molecular weight excluding hydrogens is 1870 g/mol. The second-order valence-electron chi connectivity index (χ2n) is 37.6. The van der Waals surface area contributed by atoms with Crippen molar-refractivity contribution in [3.63, 3.8) is 0 Å². The van der Waals surface area contributed by atoms with Crippen molar-refractivity contribution in [3.8, 4) is 0 Å². The van der Waals surface area contributed by atoms with E-state index in [1.165, 1.54) is 38.1 Å². The zero-order valence-electron chi connectivity index (χ0n) is 82.5. The number of nitrogens with two attached hydrogens (primary N) is 5. The van der Waals surface area contributed by atoms with Crippen molar-refractivity contribution in [2.75, 3.05) is 104 Å². The molecule has 2 aromatic heterocycles. The van der Waals surface area contributed by atoms with Crippen molar-refractivity contribution in [1.82, 2.24) is 132 Å². The second-order valence-corrected chi connectivity index (χ2v) is 38.6. The Bertz CT molecular complexity index is 4710. The van der Waals surface area contributed by atoms with Crippen molar-refractivity contribution in [2.45, 2.75) is 261 Å². The monoisotopic (exact) mass is 2020 g/mol. The van der Waals surface area contributed by atoms with Crippen LogP contribution in [0, 0.1) is 17.8 Å². The average molecular weight is 2020 g/mol. The molecule has 13 atom stereocenters. The number of primary amides is 4. The molecule has 3 aromatic rings. The zero-order chi connectivity index (χ0) is 105. The summed E-state index contributed by atoms with van der Waals surface area (Å²) in [6.07, 6.45) is 3.63. The van der Waals surface area contributed by atoms with E-state index >= 15 is 0 Å². The lowest BCUT2D eigenvalue weighted by molar-refractivity contribution is -0.136. The Morgan fingerprint density at radius 3 is 1.46 bits per heavy atom. The van der Waals surface area contributed by atoms with E-state index < -0.39 is 234 Å². The Kier molecular flexibility index (Phi) is 50.5. The van der Waals surface area contributed by atoms with Gasteiger partial charge in [-0.3, -0.25) is 95.9 Å². The van der Waals surface area contributed by atoms with Crippen LogP contribution in [0.25, 0.3) is 10.9 Å². The first kappa shape index (κ1) is 118. The van der Waals surface area contributed by atoms with Crippen LogP contribution < -0.4 is 146 Å². The molecule has 0 spiro atoms. The lowest BCUT2D eigenvalue weighted by atomic mass is 9.97. The Hall–Kier alpha value is -12.6. The Morgan fingerprint density at radius 1 is 0.458 bits per heavy atom. The number of aromatic nitrogens is 3. The molecule has 2 bridgehead atoms. The summed E-state index contributed by atoms with van der Waals surface area (Å²) in [5.41, 5.74) is 29.2. The van der Waals surface area contributed by atoms with Gasteiger partial charge in [0.1, 0.15) is 78.5 Å². The van der Waals surface area contributed by atoms with Gasteiger partial charge >= 0.3 is 0 Å². The SMILES string of the molecule is CSCCC(NC(=O)[C@H](CC(C)C)NC(=O)C(Cc1c[nH]cn1)NC(=O)[C@H](C)NC(=O)C(NC(=O)[C@H](C)NC(=O)C(Cc1c[nH]c2ccccc12)NC(=O)[C@H](CCC(N)=O)NC(=O)C(CC(N)=O)NC(=O)CNC(=O)C(CC(C)C)NC(=O)[C@H](CCCCNC(=O)CCCC(=O)NC12CNCCNCC(N)(CNCCNC1)CNCCNC2)NC(=O)C(CCC(N)=O)NC(=O)C1CCC(=O)N1)C(C)C)C(N)=O. The molecule has 4 aliphatic rings. The number of unbranched alkanes of at least 4 members (excludes halogenated alkanes) is 1. The van der Waals surface area contributed by atoms with Gasteiger partial charge in [0.2, 0.25) is 118 Å². The first-order valence-corrected chi connectivity index (χ1v) is 49.7. The van der Waals surface area contributed by atoms with Crippen LogP contribution in [0.5, 0.6) is 0 Å². The van der Waals surface area contributed by atoms with Crippen LogP contribution in [-0.4, -0.2) is 326 Å². The third-order valence-electron chi connectivity index (χ3n) is 23.8. The number of carbonyl (C=O) groups excluding carboxylic acids is 20. The molecule has 4 aliphatic heterocycles. The summed E-state index contributed by atoms with van der Waals surface area (Å²) in [6.45, 7) is 18.7. The van der Waals surface area contributed by atoms with Gasteiger partial charge in [-0.15, -0.1) is 0 Å². The predicted molar refractivity (Wildman–Crippen MR) is 525 cm³/mol. The third kappa shape index (κ3) is 42.7. The number of para-hydroxylation sites is 1. The number of H-pyrrole nitrogens is 2. The van der Waals surface area contributed by atoms with Gasteiger partial charge < -0.3 is 156 Å². The lowest BCUT2D eigenvalue weighted by Crippen LogP contribution is -2.67. The van der Waals surface area contributed by atoms with E-state index in [9.17, 15) is 95.9 Å². The summed E-state index contributed by atoms with van der Waals surface area (Å²) >= 11 is 1.43. The van der Waals surface area contributed by atoms with Crippen LogP contribution >= 0.6 is 11.8 Å². The molecule has 4 fully saturated rings. The molecule has 7 rings (SSSR count). The molecular formula is C91H150N30O20S. The van der Waals surface area contributed by atoms with Crippen LogP contribution in [-0.2, 0) is 109 Å². The molecule has 1 aromatic carbocycles. The van der Waals surface area contributed by atoms with E-state index in [0.29, 0.717) is 106 Å². The van der Waals surface area contributed by atoms with Crippen molar-refractivity contribution >= 4 is 141 Å². The molecule has 20 amide bonds. The number of hydrogen-bond donors (Lipinski definition) is 29. The topological polar surface area (TPSA) is 781 Å². The van der Waals surface area contributed by atoms with E-state index in [-0.39, 0.29) is 120 Å². The van der Waals surface area contributed by atoms with Crippen LogP contribution in [0.2, 0.25) is 0 Å². The fraction of sp³-hybridized carbons (Fsp3) is 0.659. The second kappa shape index (κ2) is 60.7. The quantitative estimate of drug-likeness (QED) is 0.0233. The standard InChI is InChI=1S/C91H150N30O20S/c1-50(2)35-64(117-81(133)60(113-83(135)62(20-23-69(92)122)114-82(134)61-22-25-73(126)110-61)17-12-13-27-104-72(125)18-14-19-74(127)121-91-46-100-31-28-97-43-90(96,44-98-29-32-101-47-91)45-99-30-33-102-48-91)80(132)106-42-75(128)111-68(39-71(94)124)88(140)115-63(21-24-70(93)123)84(136)119-66(37-55-40-105-58-16-11-10-15-57(55)58)85(137)108-54(8)79(131)120-76(52(5)6)89(141)109-53(7)78(130)116-67(38-56-41-103-49-107-56)87(139)118-65(36-51(3)4)86(138)112-59(77(95)129)26-34-142-9/h10-11,15-16,40-41,49-54,59-68,76,97-102,105H,12-14,17-39,42-48,96H2,1-9H3,(H2,92,122)(H2,93,123)(H2,94,124)(H2,95,129)(H,103,107)(H,104,125)(H,106,132)(H,108,137)(H,109,141)(H,110,126)(H,111,128)(H,112,138)(H,113,135)(H,114,134)(H,115,140)(H,116,130)(H,117,133)(H,118,139)(H,119,136)(H,120,131)(H,121,127)/t53-,54-,59?,60-,61?,62?,63-,64?,65-,66?,67?,68?,76?,90?,91?/m0/s1. The number of aromatic amines is 2. The minimum atomic E-state index is -1.92. The van der Waals surface area contributed by atoms with Crippen LogP contribution in [0.15, 0.2) is 43.0 Å². The summed E-state index contributed by atoms with van der Waals surface area (Å²) < 4.78 is 0. The van der Waals surface area contributed by atoms with E-state index in [2.05, 4.69) is 132 Å². The highest BCUT2D eigenvalue weighted by atomic mass is 32.2. The third-order valence-corrected chi connectivity index (χ3v) is 24.4. The average Bonchev–Trinajstić information content (AvgIpc) is 1.64. The van der Waals surface area contributed by atoms with E-state index in [4.69, 9.17) is 28.7 Å². The van der Waals surface area contributed by atoms with E-state index in [1.54, 1.807) is 58.2 Å². The van der Waals surface area contributed by atoms with Crippen molar-refractivity contribution in [3.05, 3.63) is 54.2 Å². The van der Waals surface area contributed by atoms with Crippen molar-refractivity contribution < 1.29 is 95.9 Å². The molecule has 6 heterocycles. The number of rotatable bonds is 57. The van der Waals surface area contributed by atoms with Gasteiger partial charge in [0.25, 0.3) is 0 Å². The molecule has 0 radical (unpaired) electrons. The summed E-state index contributed by atoms with van der Waals surface area (Å²) in [5, 5.41) is 63.0. The summed E-state index contributed by atoms with van der Waals surface area (Å²) in [6, 6.07) is -11.9. The van der Waals surface area contributed by atoms with Gasteiger partial charge in [0, 0.05) is 153 Å². The van der Waals surface area contributed by atoms with Crippen LogP contribution in [0.1, 0.15) is 169 Å². The Balaban J connectivity index is 1.12. The Morgan fingerprint density at radius 2 is 0.937 bits per heavy atom. The number of nitrogens with zero attached hydrogens (tertiary/aromatic N) is 1. The number of hydrogen-bond acceptors (Lipinski definition) is 29. The highest BCUT2D eigenvalue weighted by Crippen LogP contribution is 2.22. The lowest BCUT2D eigenvalue weighted by Gasteiger charge is -2.37. The fourth-order valence-electron chi connectivity index (χ4n) is 16.0. The highest BCUT2D eigenvalue weighted by molar-refractivity contribution is 7.98. The molecule has 50 nitrogen and oxygen atoms in total. The molecule has 790 valence electrons. The van der Waals surface area contributed by atoms with Crippen molar-refractivity contribution in [1.29, 1.82) is 0 Å². The molecule has 0 saturated carbocycles. The van der Waals surface area contributed by atoms with Crippen LogP contribution in [0.3, 0.4) is 0 Å². The summed E-state index contributed by atoms with van der Waals surface area (Å²) in [4.78, 5) is 284. The van der Waals surface area contributed by atoms with Gasteiger partial charge in [-0.25, -0.2) is 4.98 Å². The van der Waals surface area contributed by atoms with Crippen LogP contribution in [0.4, 0.5) is 0 Å². The largest absolute Gasteiger partial charge is 0.370 e. The summed E-state index contributed by atoms with van der Waals surface area (Å²) in [7, 11) is 0. The zero-order valence-corrected chi connectivity index (χ0v) is 83.3. The van der Waals surface area contributed by atoms with Gasteiger partial charge in [-0.1, -0.05) is 59.7 Å². The van der Waals surface area contributed by atoms with Gasteiger partial charge in [-0.05, 0) is 119 Å². The number of imidazole rings is 1. The summed E-state index contributed by atoms with van der Waals surface area (Å²) in [5.74, 6) is -17.8. The van der Waals surface area contributed by atoms with Gasteiger partial charge in [0.15, 0.2) is 0 Å². The van der Waals surface area contributed by atoms with E-state index in [0.717, 1.165) is 0 Å². The highest BCUT2D eigenvalue weighted by Gasteiger charge is 2.40. The van der Waals surface area contributed by atoms with Crippen molar-refractivity contribution in [2.24, 2.45) is 46.4 Å². The number of thioether (sulfide) groups is 1. The molecule has 8 unspecified atom stereocenters. The predicted octanol–water partition coefficient (Wildman–Crippen LogP) is -9.10. The molecule has 51 heteroatoms. The molecule has 0 aliphatic carbocycles. The first-order chi connectivity index (χ1) is 67.4. The minimum absolute atomic E-state index is 0.0180. The first-order valence-electron chi connectivity index (χ1n) is 48.3. The number of benzene rings is 1. The molecule has 4 saturated heterocycles. The number of nitrogens with one attached hydrogen (secondary N) is 24. The van der Waals surface area contributed by atoms with E-state index in [1.807, 2.05) is 20.1 Å². The maximum absolute atomic E-state index is 14.8. The smallest absolute Gasteiger partial charge is 0.243 e. The number of amides is 20.